The number of aromatic nitrogens is 1. The molecule has 2 aromatic carbocycles. The molecule has 3 rings (SSSR count). The number of fused-ring (bicyclic) bond motifs is 1. The van der Waals surface area contributed by atoms with E-state index in [-0.39, 0.29) is 0 Å². The van der Waals surface area contributed by atoms with Crippen LogP contribution in [0.25, 0.3) is 28.1 Å². The van der Waals surface area contributed by atoms with E-state index in [0.717, 1.165) is 52.1 Å². The average molecular weight is 488 g/mol. The van der Waals surface area contributed by atoms with Crippen LogP contribution in [-0.4, -0.2) is 18.2 Å². The normalized spacial score (nSPS) is 11.1. The van der Waals surface area contributed by atoms with Crippen molar-refractivity contribution >= 4 is 17.0 Å². The summed E-state index contributed by atoms with van der Waals surface area (Å²) in [6, 6.07) is 16.6. The first-order chi connectivity index (χ1) is 17.8. The van der Waals surface area contributed by atoms with E-state index in [1.165, 1.54) is 64.2 Å². The van der Waals surface area contributed by atoms with E-state index in [9.17, 15) is 0 Å². The zero-order chi connectivity index (χ0) is 25.4. The molecule has 36 heavy (non-hydrogen) atoms. The van der Waals surface area contributed by atoms with E-state index in [0.29, 0.717) is 13.2 Å². The zero-order valence-corrected chi connectivity index (χ0v) is 22.6. The fraction of sp³-hybridized carbons (Fsp3) is 0.485. The Labute approximate surface area is 218 Å². The molecule has 0 bridgehead atoms. The van der Waals surface area contributed by atoms with Gasteiger partial charge in [-0.1, -0.05) is 115 Å². The van der Waals surface area contributed by atoms with E-state index in [2.05, 4.69) is 50.8 Å². The number of para-hydroxylation sites is 2. The third-order valence-electron chi connectivity index (χ3n) is 6.72. The summed E-state index contributed by atoms with van der Waals surface area (Å²) in [4.78, 5) is 4.88. The number of hydrogen-bond donors (Lipinski definition) is 0. The van der Waals surface area contributed by atoms with Gasteiger partial charge in [-0.2, -0.15) is 0 Å². The Morgan fingerprint density at radius 3 is 2.03 bits per heavy atom. The predicted molar refractivity (Wildman–Crippen MR) is 155 cm³/mol. The first-order valence-corrected chi connectivity index (χ1v) is 14.2. The summed E-state index contributed by atoms with van der Waals surface area (Å²) in [5.74, 6) is 1.66. The van der Waals surface area contributed by atoms with E-state index < -0.39 is 0 Å². The maximum Gasteiger partial charge on any atom is 0.169 e. The first kappa shape index (κ1) is 27.8. The van der Waals surface area contributed by atoms with Gasteiger partial charge < -0.3 is 9.47 Å². The highest BCUT2D eigenvalue weighted by atomic mass is 16.5. The highest BCUT2D eigenvalue weighted by Gasteiger charge is 2.17. The molecule has 0 amide bonds. The van der Waals surface area contributed by atoms with Crippen LogP contribution in [0.5, 0.6) is 11.5 Å². The number of unbranched alkanes of at least 4 members (excludes halogenated alkanes) is 10. The van der Waals surface area contributed by atoms with Crippen LogP contribution in [0.2, 0.25) is 0 Å². The molecule has 3 aromatic rings. The number of ether oxygens (including phenoxy) is 2. The highest BCUT2D eigenvalue weighted by molar-refractivity contribution is 5.89. The van der Waals surface area contributed by atoms with Crippen molar-refractivity contribution in [1.82, 2.24) is 4.98 Å². The van der Waals surface area contributed by atoms with Gasteiger partial charge in [-0.05, 0) is 37.1 Å². The molecule has 0 saturated carbocycles. The lowest BCUT2D eigenvalue weighted by molar-refractivity contribution is 0.259. The largest absolute Gasteiger partial charge is 0.490 e. The molecule has 1 heterocycles. The quantitative estimate of drug-likeness (QED) is 0.167. The molecule has 3 heteroatoms. The summed E-state index contributed by atoms with van der Waals surface area (Å²) >= 11 is 0. The Hall–Kier alpha value is -2.81. The van der Waals surface area contributed by atoms with Gasteiger partial charge in [-0.25, -0.2) is 4.98 Å². The van der Waals surface area contributed by atoms with Crippen LogP contribution >= 0.6 is 0 Å². The fourth-order valence-corrected chi connectivity index (χ4v) is 4.61. The minimum absolute atomic E-state index is 0.695. The number of hydrogen-bond acceptors (Lipinski definition) is 3. The van der Waals surface area contributed by atoms with Crippen LogP contribution in [0.3, 0.4) is 0 Å². The van der Waals surface area contributed by atoms with Crippen LogP contribution in [-0.2, 0) is 0 Å². The third-order valence-corrected chi connectivity index (χ3v) is 6.72. The molecule has 0 aliphatic carbocycles. The van der Waals surface area contributed by atoms with Crippen molar-refractivity contribution in [3.05, 3.63) is 60.8 Å². The van der Waals surface area contributed by atoms with Crippen molar-refractivity contribution in [3.8, 4) is 22.6 Å². The number of pyridine rings is 1. The van der Waals surface area contributed by atoms with Crippen molar-refractivity contribution < 1.29 is 9.47 Å². The summed E-state index contributed by atoms with van der Waals surface area (Å²) in [6.07, 6.45) is 16.7. The molecule has 1 aromatic heterocycles. The van der Waals surface area contributed by atoms with Gasteiger partial charge in [0.15, 0.2) is 11.5 Å². The van der Waals surface area contributed by atoms with Crippen molar-refractivity contribution in [2.75, 3.05) is 13.2 Å². The molecule has 0 unspecified atom stereocenters. The molecule has 3 nitrogen and oxygen atoms in total. The molecule has 0 radical (unpaired) electrons. The lowest BCUT2D eigenvalue weighted by Gasteiger charge is -2.18. The van der Waals surface area contributed by atoms with E-state index in [4.69, 9.17) is 14.5 Å². The van der Waals surface area contributed by atoms with Crippen LogP contribution in [0.1, 0.15) is 96.6 Å². The van der Waals surface area contributed by atoms with E-state index in [1.807, 2.05) is 24.3 Å². The predicted octanol–water partition coefficient (Wildman–Crippen LogP) is 10.0. The lowest BCUT2D eigenvalue weighted by atomic mass is 10.00. The molecule has 0 aliphatic heterocycles. The fourth-order valence-electron chi connectivity index (χ4n) is 4.61. The number of nitrogens with zero attached hydrogens (tertiary/aromatic N) is 1. The second-order valence-electron chi connectivity index (χ2n) is 9.68. The molecule has 0 spiro atoms. The molecule has 0 N–H and O–H groups in total. The van der Waals surface area contributed by atoms with Gasteiger partial charge in [0.2, 0.25) is 0 Å². The van der Waals surface area contributed by atoms with Gasteiger partial charge in [-0.3, -0.25) is 0 Å². The smallest absolute Gasteiger partial charge is 0.169 e. The monoisotopic (exact) mass is 487 g/mol. The molecule has 0 atom stereocenters. The summed E-state index contributed by atoms with van der Waals surface area (Å²) in [5.41, 5.74) is 3.90. The standard InChI is InChI=1S/C33H45NO2/c1-4-7-9-11-13-17-24-35-32-23-19-21-28(33(32)36-25-18-14-12-10-8-5-2)29-26-27-20-15-16-22-31(27)34-30(29)6-3/h6,15-16,19-23,26H,3-5,7-14,17-18,24-25H2,1-2H3. The SMILES string of the molecule is C=Cc1nc2ccccc2cc1-c1cccc(OCCCCCCCC)c1OCCCCCCCC. The average Bonchev–Trinajstić information content (AvgIpc) is 2.91. The Balaban J connectivity index is 1.79. The Morgan fingerprint density at radius 2 is 1.33 bits per heavy atom. The van der Waals surface area contributed by atoms with Gasteiger partial charge in [0, 0.05) is 16.5 Å². The summed E-state index contributed by atoms with van der Waals surface area (Å²) in [7, 11) is 0. The van der Waals surface area contributed by atoms with Crippen LogP contribution < -0.4 is 9.47 Å². The molecule has 194 valence electrons. The third kappa shape index (κ3) is 8.40. The van der Waals surface area contributed by atoms with Gasteiger partial charge >= 0.3 is 0 Å². The molecule has 0 saturated heterocycles. The van der Waals surface area contributed by atoms with Gasteiger partial charge in [0.05, 0.1) is 24.4 Å². The van der Waals surface area contributed by atoms with Gasteiger partial charge in [0.25, 0.3) is 0 Å². The summed E-state index contributed by atoms with van der Waals surface area (Å²) in [5, 5.41) is 1.11. The lowest BCUT2D eigenvalue weighted by Crippen LogP contribution is -2.04. The topological polar surface area (TPSA) is 31.4 Å². The molecule has 0 aliphatic rings. The zero-order valence-electron chi connectivity index (χ0n) is 22.6. The van der Waals surface area contributed by atoms with Crippen LogP contribution in [0.4, 0.5) is 0 Å². The van der Waals surface area contributed by atoms with Crippen molar-refractivity contribution in [2.24, 2.45) is 0 Å². The second-order valence-corrected chi connectivity index (χ2v) is 9.68. The minimum Gasteiger partial charge on any atom is -0.490 e. The summed E-state index contributed by atoms with van der Waals surface area (Å²) < 4.78 is 12.8. The van der Waals surface area contributed by atoms with Crippen molar-refractivity contribution in [3.63, 3.8) is 0 Å². The van der Waals surface area contributed by atoms with Crippen molar-refractivity contribution in [2.45, 2.75) is 90.9 Å². The van der Waals surface area contributed by atoms with E-state index >= 15 is 0 Å². The second kappa shape index (κ2) is 16.0. The summed E-state index contributed by atoms with van der Waals surface area (Å²) in [6.45, 7) is 9.97. The van der Waals surface area contributed by atoms with E-state index in [1.54, 1.807) is 0 Å². The Bertz CT molecular complexity index is 1060. The highest BCUT2D eigenvalue weighted by Crippen LogP contribution is 2.40. The molecular formula is C33H45NO2. The van der Waals surface area contributed by atoms with Gasteiger partial charge in [0.1, 0.15) is 0 Å². The first-order valence-electron chi connectivity index (χ1n) is 14.2. The number of benzene rings is 2. The maximum atomic E-state index is 6.46. The Morgan fingerprint density at radius 1 is 0.694 bits per heavy atom. The van der Waals surface area contributed by atoms with Crippen molar-refractivity contribution in [1.29, 1.82) is 0 Å². The van der Waals surface area contributed by atoms with Crippen LogP contribution in [0.15, 0.2) is 55.1 Å². The minimum atomic E-state index is 0.695. The Kier molecular flexibility index (Phi) is 12.4. The number of rotatable bonds is 18. The van der Waals surface area contributed by atoms with Crippen LogP contribution in [0, 0.1) is 0 Å². The molecular weight excluding hydrogens is 442 g/mol. The maximum absolute atomic E-state index is 6.46. The molecule has 0 fully saturated rings. The van der Waals surface area contributed by atoms with Gasteiger partial charge in [-0.15, -0.1) is 0 Å².